The van der Waals surface area contributed by atoms with Gasteiger partial charge in [0.05, 0.1) is 10.8 Å². The second kappa shape index (κ2) is 10.5. The maximum Gasteiger partial charge on any atom is 0.355 e. The zero-order valence-corrected chi connectivity index (χ0v) is 19.3. The third-order valence-corrected chi connectivity index (χ3v) is 5.47. The third-order valence-electron chi connectivity index (χ3n) is 4.94. The van der Waals surface area contributed by atoms with Crippen LogP contribution in [-0.4, -0.2) is 20.8 Å². The molecule has 4 aromatic rings. The van der Waals surface area contributed by atoms with Gasteiger partial charge in [-0.05, 0) is 35.4 Å². The van der Waals surface area contributed by atoms with Gasteiger partial charge in [-0.15, -0.1) is 0 Å². The number of nitrogens with one attached hydrogen (secondary N) is 3. The zero-order chi connectivity index (χ0) is 23.9. The molecule has 1 amide bonds. The number of hydrazine groups is 1. The van der Waals surface area contributed by atoms with Crippen molar-refractivity contribution in [2.45, 2.75) is 5.92 Å². The highest BCUT2D eigenvalue weighted by Crippen LogP contribution is 2.31. The van der Waals surface area contributed by atoms with Crippen molar-refractivity contribution in [3.63, 3.8) is 0 Å². The van der Waals surface area contributed by atoms with Crippen molar-refractivity contribution in [1.29, 1.82) is 0 Å². The summed E-state index contributed by atoms with van der Waals surface area (Å²) in [4.78, 5) is 32.4. The molecule has 1 heterocycles. The van der Waals surface area contributed by atoms with Crippen LogP contribution in [0.1, 0.15) is 17.0 Å². The standard InChI is InChI=1S/C24H19BrN6O3/c25-18-11-13-19(14-12-18)28-22-21(31(33)34)23(27-15-26-22)29-30-24(32)20(16-7-3-1-4-8-16)17-9-5-2-6-10-17/h1-15,20H,(H,30,32)(H2,26,27,28,29). The molecule has 0 aliphatic heterocycles. The van der Waals surface area contributed by atoms with Crippen LogP contribution in [0.2, 0.25) is 0 Å². The molecular weight excluding hydrogens is 500 g/mol. The van der Waals surface area contributed by atoms with Crippen molar-refractivity contribution in [2.75, 3.05) is 10.7 Å². The highest BCUT2D eigenvalue weighted by atomic mass is 79.9. The number of nitro groups is 1. The summed E-state index contributed by atoms with van der Waals surface area (Å²) in [5.41, 5.74) is 6.95. The molecule has 4 rings (SSSR count). The SMILES string of the molecule is O=C(NNc1ncnc(Nc2ccc(Br)cc2)c1[N+](=O)[O-])C(c1ccccc1)c1ccccc1. The van der Waals surface area contributed by atoms with Gasteiger partial charge in [0.2, 0.25) is 17.5 Å². The van der Waals surface area contributed by atoms with Crippen LogP contribution in [0, 0.1) is 10.1 Å². The Balaban J connectivity index is 1.59. The maximum absolute atomic E-state index is 13.2. The van der Waals surface area contributed by atoms with Gasteiger partial charge in [-0.25, -0.2) is 9.97 Å². The maximum atomic E-state index is 13.2. The number of hydrogen-bond donors (Lipinski definition) is 3. The van der Waals surface area contributed by atoms with E-state index in [0.29, 0.717) is 5.69 Å². The summed E-state index contributed by atoms with van der Waals surface area (Å²) in [5, 5.41) is 14.8. The van der Waals surface area contributed by atoms with Crippen LogP contribution in [0.4, 0.5) is 23.0 Å². The normalized spacial score (nSPS) is 10.5. The van der Waals surface area contributed by atoms with Crippen molar-refractivity contribution in [3.05, 3.63) is 117 Å². The Kier molecular flexibility index (Phi) is 7.09. The Morgan fingerprint density at radius 1 is 0.853 bits per heavy atom. The molecule has 0 radical (unpaired) electrons. The van der Waals surface area contributed by atoms with Gasteiger partial charge in [-0.1, -0.05) is 76.6 Å². The van der Waals surface area contributed by atoms with Gasteiger partial charge in [-0.3, -0.25) is 25.8 Å². The van der Waals surface area contributed by atoms with E-state index >= 15 is 0 Å². The van der Waals surface area contributed by atoms with Crippen LogP contribution in [0.15, 0.2) is 95.7 Å². The molecule has 0 bridgehead atoms. The lowest BCUT2D eigenvalue weighted by atomic mass is 9.91. The van der Waals surface area contributed by atoms with Gasteiger partial charge in [0, 0.05) is 10.2 Å². The first-order valence-electron chi connectivity index (χ1n) is 10.2. The molecule has 170 valence electrons. The van der Waals surface area contributed by atoms with E-state index in [1.54, 1.807) is 24.3 Å². The first-order chi connectivity index (χ1) is 16.5. The van der Waals surface area contributed by atoms with E-state index in [1.807, 2.05) is 60.7 Å². The molecule has 34 heavy (non-hydrogen) atoms. The minimum atomic E-state index is -0.629. The van der Waals surface area contributed by atoms with Crippen LogP contribution in [0.3, 0.4) is 0 Å². The zero-order valence-electron chi connectivity index (χ0n) is 17.7. The predicted molar refractivity (Wildman–Crippen MR) is 133 cm³/mol. The number of nitrogens with zero attached hydrogens (tertiary/aromatic N) is 3. The monoisotopic (exact) mass is 518 g/mol. The van der Waals surface area contributed by atoms with E-state index in [9.17, 15) is 14.9 Å². The van der Waals surface area contributed by atoms with Gasteiger partial charge < -0.3 is 5.32 Å². The number of halogens is 1. The van der Waals surface area contributed by atoms with E-state index < -0.39 is 22.4 Å². The fraction of sp³-hybridized carbons (Fsp3) is 0.0417. The molecule has 0 atom stereocenters. The highest BCUT2D eigenvalue weighted by molar-refractivity contribution is 9.10. The molecule has 3 aromatic carbocycles. The first-order valence-corrected chi connectivity index (χ1v) is 11.0. The molecular formula is C24H19BrN6O3. The summed E-state index contributed by atoms with van der Waals surface area (Å²) < 4.78 is 0.867. The fourth-order valence-corrected chi connectivity index (χ4v) is 3.65. The van der Waals surface area contributed by atoms with Crippen molar-refractivity contribution in [2.24, 2.45) is 0 Å². The quantitative estimate of drug-likeness (QED) is 0.217. The Morgan fingerprint density at radius 3 is 1.97 bits per heavy atom. The molecule has 0 saturated carbocycles. The first kappa shape index (κ1) is 22.9. The fourth-order valence-electron chi connectivity index (χ4n) is 3.38. The summed E-state index contributed by atoms with van der Waals surface area (Å²) in [5.74, 6) is -1.18. The number of hydrogen-bond acceptors (Lipinski definition) is 7. The van der Waals surface area contributed by atoms with E-state index in [0.717, 1.165) is 15.6 Å². The van der Waals surface area contributed by atoms with Crippen LogP contribution in [0.25, 0.3) is 0 Å². The second-order valence-corrected chi connectivity index (χ2v) is 8.09. The predicted octanol–water partition coefficient (Wildman–Crippen LogP) is 5.17. The largest absolute Gasteiger partial charge is 0.355 e. The third kappa shape index (κ3) is 5.36. The Morgan fingerprint density at radius 2 is 1.41 bits per heavy atom. The molecule has 0 aliphatic carbocycles. The average Bonchev–Trinajstić information content (AvgIpc) is 2.85. The summed E-state index contributed by atoms with van der Waals surface area (Å²) in [6.07, 6.45) is 1.18. The van der Waals surface area contributed by atoms with E-state index in [-0.39, 0.29) is 11.6 Å². The average molecular weight is 519 g/mol. The van der Waals surface area contributed by atoms with Gasteiger partial charge in [0.25, 0.3) is 0 Å². The number of carbonyl (C=O) groups is 1. The van der Waals surface area contributed by atoms with Crippen molar-refractivity contribution in [3.8, 4) is 0 Å². The Bertz CT molecular complexity index is 1250. The number of carbonyl (C=O) groups excluding carboxylic acids is 1. The number of amides is 1. The molecule has 10 heteroatoms. The van der Waals surface area contributed by atoms with Gasteiger partial charge in [0.1, 0.15) is 6.33 Å². The number of benzene rings is 3. The number of rotatable bonds is 8. The molecule has 3 N–H and O–H groups in total. The number of anilines is 3. The summed E-state index contributed by atoms with van der Waals surface area (Å²) >= 11 is 3.35. The Hall–Kier alpha value is -4.31. The molecule has 0 saturated heterocycles. The smallest absolute Gasteiger partial charge is 0.334 e. The van der Waals surface area contributed by atoms with E-state index in [4.69, 9.17) is 0 Å². The van der Waals surface area contributed by atoms with Crippen LogP contribution >= 0.6 is 15.9 Å². The van der Waals surface area contributed by atoms with E-state index in [1.165, 1.54) is 6.33 Å². The lowest BCUT2D eigenvalue weighted by molar-refractivity contribution is -0.383. The van der Waals surface area contributed by atoms with Crippen LogP contribution in [0.5, 0.6) is 0 Å². The van der Waals surface area contributed by atoms with Crippen molar-refractivity contribution >= 4 is 44.8 Å². The molecule has 0 fully saturated rings. The molecule has 0 spiro atoms. The van der Waals surface area contributed by atoms with Crippen molar-refractivity contribution < 1.29 is 9.72 Å². The molecule has 0 unspecified atom stereocenters. The summed E-state index contributed by atoms with van der Waals surface area (Å²) in [6.45, 7) is 0. The van der Waals surface area contributed by atoms with Gasteiger partial charge in [0.15, 0.2) is 0 Å². The van der Waals surface area contributed by atoms with Crippen molar-refractivity contribution in [1.82, 2.24) is 15.4 Å². The van der Waals surface area contributed by atoms with E-state index in [2.05, 4.69) is 42.1 Å². The highest BCUT2D eigenvalue weighted by Gasteiger charge is 2.26. The van der Waals surface area contributed by atoms with Crippen LogP contribution in [-0.2, 0) is 4.79 Å². The minimum absolute atomic E-state index is 0.0123. The second-order valence-electron chi connectivity index (χ2n) is 7.18. The molecule has 1 aromatic heterocycles. The van der Waals surface area contributed by atoms with Crippen LogP contribution < -0.4 is 16.2 Å². The lowest BCUT2D eigenvalue weighted by Crippen LogP contribution is -2.35. The molecule has 0 aliphatic rings. The Labute approximate surface area is 203 Å². The number of aromatic nitrogens is 2. The topological polar surface area (TPSA) is 122 Å². The summed E-state index contributed by atoms with van der Waals surface area (Å²) in [6, 6.07) is 25.6. The minimum Gasteiger partial charge on any atom is -0.334 e. The summed E-state index contributed by atoms with van der Waals surface area (Å²) in [7, 11) is 0. The lowest BCUT2D eigenvalue weighted by Gasteiger charge is -2.18. The van der Waals surface area contributed by atoms with Gasteiger partial charge >= 0.3 is 5.69 Å². The molecule has 9 nitrogen and oxygen atoms in total. The van der Waals surface area contributed by atoms with Gasteiger partial charge in [-0.2, -0.15) is 0 Å².